The van der Waals surface area contributed by atoms with Gasteiger partial charge in [-0.3, -0.25) is 4.79 Å². The largest absolute Gasteiger partial charge is 0.371 e. The summed E-state index contributed by atoms with van der Waals surface area (Å²) in [7, 11) is 0. The van der Waals surface area contributed by atoms with Gasteiger partial charge in [0.15, 0.2) is 0 Å². The topological polar surface area (TPSA) is 87.5 Å². The molecule has 0 radical (unpaired) electrons. The molecule has 6 heteroatoms. The average molecular weight is 332 g/mol. The second kappa shape index (κ2) is 9.15. The molecule has 2 rings (SSSR count). The zero-order chi connectivity index (χ0) is 17.4. The Bertz CT molecular complexity index is 544. The summed E-state index contributed by atoms with van der Waals surface area (Å²) in [6, 6.07) is 7.96. The molecule has 0 spiro atoms. The van der Waals surface area contributed by atoms with E-state index in [1.54, 1.807) is 0 Å². The van der Waals surface area contributed by atoms with Gasteiger partial charge in [-0.1, -0.05) is 25.5 Å². The van der Waals surface area contributed by atoms with Crippen LogP contribution in [0.15, 0.2) is 24.3 Å². The molecule has 24 heavy (non-hydrogen) atoms. The Hall–Kier alpha value is -2.24. The zero-order valence-corrected chi connectivity index (χ0v) is 14.4. The Kier molecular flexibility index (Phi) is 6.90. The van der Waals surface area contributed by atoms with Crippen LogP contribution in [0.4, 0.5) is 10.5 Å². The highest BCUT2D eigenvalue weighted by Crippen LogP contribution is 2.23. The van der Waals surface area contributed by atoms with Crippen molar-refractivity contribution in [2.24, 2.45) is 11.7 Å². The predicted molar refractivity (Wildman–Crippen MR) is 95.7 cm³/mol. The quantitative estimate of drug-likeness (QED) is 0.667. The Morgan fingerprint density at radius 2 is 2.00 bits per heavy atom. The van der Waals surface area contributed by atoms with Crippen LogP contribution in [-0.4, -0.2) is 31.6 Å². The minimum Gasteiger partial charge on any atom is -0.371 e. The maximum absolute atomic E-state index is 11.6. The van der Waals surface area contributed by atoms with E-state index in [2.05, 4.69) is 22.5 Å². The van der Waals surface area contributed by atoms with Crippen LogP contribution in [-0.2, 0) is 11.3 Å². The number of nitrogens with zero attached hydrogens (tertiary/aromatic N) is 1. The van der Waals surface area contributed by atoms with Crippen LogP contribution in [0.5, 0.6) is 0 Å². The van der Waals surface area contributed by atoms with Crippen LogP contribution in [0.3, 0.4) is 0 Å². The number of urea groups is 1. The fourth-order valence-electron chi connectivity index (χ4n) is 2.89. The third kappa shape index (κ3) is 5.44. The van der Waals surface area contributed by atoms with Gasteiger partial charge in [-0.05, 0) is 37.0 Å². The summed E-state index contributed by atoms with van der Waals surface area (Å²) in [4.78, 5) is 25.2. The van der Waals surface area contributed by atoms with Crippen molar-refractivity contribution in [2.45, 2.75) is 39.2 Å². The van der Waals surface area contributed by atoms with Crippen molar-refractivity contribution >= 4 is 17.6 Å². The Labute approximate surface area is 143 Å². The smallest absolute Gasteiger partial charge is 0.315 e. The number of hydrogen-bond acceptors (Lipinski definition) is 3. The predicted octanol–water partition coefficient (Wildman–Crippen LogP) is 1.99. The van der Waals surface area contributed by atoms with Crippen molar-refractivity contribution < 1.29 is 9.59 Å². The summed E-state index contributed by atoms with van der Waals surface area (Å²) in [5, 5.41) is 5.68. The number of carbonyl (C=O) groups excluding carboxylic acids is 2. The van der Waals surface area contributed by atoms with E-state index < -0.39 is 0 Å². The lowest BCUT2D eigenvalue weighted by Crippen LogP contribution is -2.41. The highest BCUT2D eigenvalue weighted by Gasteiger charge is 2.23. The van der Waals surface area contributed by atoms with E-state index in [1.165, 1.54) is 0 Å². The summed E-state index contributed by atoms with van der Waals surface area (Å²) >= 11 is 0. The SMILES string of the molecule is CCCCNC(=O)NCc1ccc(N2CCCC(C(N)=O)C2)cc1. The number of unbranched alkanes of at least 4 members (excludes halogenated alkanes) is 1. The number of carbonyl (C=O) groups is 2. The van der Waals surface area contributed by atoms with E-state index in [-0.39, 0.29) is 17.9 Å². The molecule has 1 fully saturated rings. The van der Waals surface area contributed by atoms with Gasteiger partial charge >= 0.3 is 6.03 Å². The Morgan fingerprint density at radius 3 is 2.67 bits per heavy atom. The van der Waals surface area contributed by atoms with Crippen molar-refractivity contribution in [1.82, 2.24) is 10.6 Å². The van der Waals surface area contributed by atoms with Crippen molar-refractivity contribution in [3.8, 4) is 0 Å². The molecular formula is C18H28N4O2. The van der Waals surface area contributed by atoms with Gasteiger partial charge in [0, 0.05) is 31.9 Å². The number of amides is 3. The number of piperidine rings is 1. The molecule has 1 unspecified atom stereocenters. The number of anilines is 1. The number of rotatable bonds is 7. The molecule has 4 N–H and O–H groups in total. The van der Waals surface area contributed by atoms with Gasteiger partial charge < -0.3 is 21.3 Å². The molecule has 1 aliphatic rings. The number of nitrogens with two attached hydrogens (primary N) is 1. The van der Waals surface area contributed by atoms with Gasteiger partial charge in [0.2, 0.25) is 5.91 Å². The van der Waals surface area contributed by atoms with E-state index >= 15 is 0 Å². The fourth-order valence-corrected chi connectivity index (χ4v) is 2.89. The summed E-state index contributed by atoms with van der Waals surface area (Å²) in [5.74, 6) is -0.276. The second-order valence-electron chi connectivity index (χ2n) is 6.32. The van der Waals surface area contributed by atoms with Crippen LogP contribution >= 0.6 is 0 Å². The van der Waals surface area contributed by atoms with Crippen molar-refractivity contribution in [3.63, 3.8) is 0 Å². The lowest BCUT2D eigenvalue weighted by atomic mass is 9.97. The van der Waals surface area contributed by atoms with E-state index in [9.17, 15) is 9.59 Å². The maximum atomic E-state index is 11.6. The summed E-state index contributed by atoms with van der Waals surface area (Å²) < 4.78 is 0. The van der Waals surface area contributed by atoms with E-state index in [0.717, 1.165) is 43.5 Å². The molecule has 1 heterocycles. The van der Waals surface area contributed by atoms with Crippen LogP contribution in [0, 0.1) is 5.92 Å². The van der Waals surface area contributed by atoms with Crippen molar-refractivity contribution in [2.75, 3.05) is 24.5 Å². The molecule has 0 saturated carbocycles. The summed E-state index contributed by atoms with van der Waals surface area (Å²) in [6.07, 6.45) is 3.91. The highest BCUT2D eigenvalue weighted by atomic mass is 16.2. The Balaban J connectivity index is 1.82. The zero-order valence-electron chi connectivity index (χ0n) is 14.4. The number of hydrogen-bond donors (Lipinski definition) is 3. The minimum atomic E-state index is -0.213. The van der Waals surface area contributed by atoms with Crippen LogP contribution in [0.2, 0.25) is 0 Å². The standard InChI is InChI=1S/C18H28N4O2/c1-2-3-10-20-18(24)21-12-14-6-8-16(9-7-14)22-11-4-5-15(13-22)17(19)23/h6-9,15H,2-5,10-13H2,1H3,(H2,19,23)(H2,20,21,24). The minimum absolute atomic E-state index is 0.0630. The molecule has 0 aliphatic carbocycles. The fraction of sp³-hybridized carbons (Fsp3) is 0.556. The molecule has 1 aromatic rings. The lowest BCUT2D eigenvalue weighted by molar-refractivity contribution is -0.122. The molecule has 1 saturated heterocycles. The molecule has 6 nitrogen and oxygen atoms in total. The van der Waals surface area contributed by atoms with Crippen LogP contribution in [0.1, 0.15) is 38.2 Å². The summed E-state index contributed by atoms with van der Waals surface area (Å²) in [5.41, 5.74) is 7.57. The summed E-state index contributed by atoms with van der Waals surface area (Å²) in [6.45, 7) is 4.93. The van der Waals surface area contributed by atoms with Gasteiger partial charge in [-0.15, -0.1) is 0 Å². The van der Waals surface area contributed by atoms with Gasteiger partial charge in [0.05, 0.1) is 5.92 Å². The number of benzene rings is 1. The molecule has 3 amide bonds. The van der Waals surface area contributed by atoms with Gasteiger partial charge in [-0.2, -0.15) is 0 Å². The normalized spacial score (nSPS) is 17.4. The molecule has 1 aliphatic heterocycles. The van der Waals surface area contributed by atoms with Crippen molar-refractivity contribution in [1.29, 1.82) is 0 Å². The highest BCUT2D eigenvalue weighted by molar-refractivity contribution is 5.77. The van der Waals surface area contributed by atoms with E-state index in [0.29, 0.717) is 19.6 Å². The maximum Gasteiger partial charge on any atom is 0.315 e. The van der Waals surface area contributed by atoms with E-state index in [1.807, 2.05) is 24.3 Å². The molecule has 1 atom stereocenters. The van der Waals surface area contributed by atoms with Crippen molar-refractivity contribution in [3.05, 3.63) is 29.8 Å². The third-order valence-electron chi connectivity index (χ3n) is 4.39. The molecule has 132 valence electrons. The third-order valence-corrected chi connectivity index (χ3v) is 4.39. The average Bonchev–Trinajstić information content (AvgIpc) is 2.61. The van der Waals surface area contributed by atoms with Gasteiger partial charge in [0.1, 0.15) is 0 Å². The second-order valence-corrected chi connectivity index (χ2v) is 6.32. The first kappa shape index (κ1) is 18.1. The first-order valence-electron chi connectivity index (χ1n) is 8.75. The molecular weight excluding hydrogens is 304 g/mol. The first-order chi connectivity index (χ1) is 11.6. The monoisotopic (exact) mass is 332 g/mol. The molecule has 0 aromatic heterocycles. The molecule has 0 bridgehead atoms. The number of nitrogens with one attached hydrogen (secondary N) is 2. The lowest BCUT2D eigenvalue weighted by Gasteiger charge is -2.33. The van der Waals surface area contributed by atoms with Gasteiger partial charge in [0.25, 0.3) is 0 Å². The first-order valence-corrected chi connectivity index (χ1v) is 8.75. The molecule has 1 aromatic carbocycles. The van der Waals surface area contributed by atoms with Gasteiger partial charge in [-0.25, -0.2) is 4.79 Å². The Morgan fingerprint density at radius 1 is 1.25 bits per heavy atom. The number of primary amides is 1. The van der Waals surface area contributed by atoms with E-state index in [4.69, 9.17) is 5.73 Å². The van der Waals surface area contributed by atoms with Crippen LogP contribution < -0.4 is 21.3 Å². The van der Waals surface area contributed by atoms with Crippen LogP contribution in [0.25, 0.3) is 0 Å².